The zero-order valence-electron chi connectivity index (χ0n) is 20.9. The summed E-state index contributed by atoms with van der Waals surface area (Å²) in [5.74, 6) is 0.370. The summed E-state index contributed by atoms with van der Waals surface area (Å²) in [5.41, 5.74) is 0.389. The zero-order valence-corrected chi connectivity index (χ0v) is 20.9. The van der Waals surface area contributed by atoms with Crippen molar-refractivity contribution < 1.29 is 27.4 Å². The van der Waals surface area contributed by atoms with Crippen LogP contribution in [0.2, 0.25) is 0 Å². The van der Waals surface area contributed by atoms with Crippen LogP contribution in [0.25, 0.3) is 5.57 Å². The fraction of sp³-hybridized carbons (Fsp3) is 0.667. The van der Waals surface area contributed by atoms with Gasteiger partial charge in [0.25, 0.3) is 0 Å². The van der Waals surface area contributed by atoms with Crippen LogP contribution in [0.5, 0.6) is 0 Å². The van der Waals surface area contributed by atoms with Crippen molar-refractivity contribution in [2.75, 3.05) is 33.4 Å². The molecule has 0 bridgehead atoms. The van der Waals surface area contributed by atoms with Crippen LogP contribution in [0.4, 0.5) is 13.2 Å². The Balaban J connectivity index is 1.43. The van der Waals surface area contributed by atoms with Gasteiger partial charge in [0.2, 0.25) is 5.91 Å². The van der Waals surface area contributed by atoms with E-state index in [1.165, 1.54) is 12.1 Å². The van der Waals surface area contributed by atoms with Gasteiger partial charge in [0.05, 0.1) is 23.7 Å². The molecule has 1 aromatic carbocycles. The lowest BCUT2D eigenvalue weighted by Crippen LogP contribution is -2.52. The molecule has 35 heavy (non-hydrogen) atoms. The van der Waals surface area contributed by atoms with Gasteiger partial charge in [-0.25, -0.2) is 0 Å². The Morgan fingerprint density at radius 1 is 1.29 bits per heavy atom. The minimum absolute atomic E-state index is 0.0232. The first-order valence-corrected chi connectivity index (χ1v) is 12.7. The van der Waals surface area contributed by atoms with Crippen molar-refractivity contribution in [3.05, 3.63) is 41.5 Å². The van der Waals surface area contributed by atoms with Crippen LogP contribution in [0, 0.1) is 11.3 Å². The van der Waals surface area contributed by atoms with Crippen LogP contribution < -0.4 is 5.32 Å². The van der Waals surface area contributed by atoms with E-state index in [4.69, 9.17) is 9.47 Å². The van der Waals surface area contributed by atoms with Crippen LogP contribution in [0.1, 0.15) is 57.1 Å². The maximum Gasteiger partial charge on any atom is 0.416 e. The quantitative estimate of drug-likeness (QED) is 0.611. The molecule has 0 radical (unpaired) electrons. The Bertz CT molecular complexity index is 932. The molecular weight excluding hydrogens is 457 g/mol. The van der Waals surface area contributed by atoms with Gasteiger partial charge in [0.1, 0.15) is 0 Å². The van der Waals surface area contributed by atoms with E-state index >= 15 is 0 Å². The van der Waals surface area contributed by atoms with Crippen LogP contribution in [0.3, 0.4) is 0 Å². The average molecular weight is 495 g/mol. The highest BCUT2D eigenvalue weighted by Crippen LogP contribution is 2.46. The number of amides is 1. The predicted octanol–water partition coefficient (Wildman–Crippen LogP) is 4.91. The molecule has 3 aliphatic rings. The van der Waals surface area contributed by atoms with Crippen molar-refractivity contribution in [3.63, 3.8) is 0 Å². The number of hydrogen-bond acceptors (Lipinski definition) is 4. The van der Waals surface area contributed by atoms with Crippen molar-refractivity contribution in [2.24, 2.45) is 11.3 Å². The van der Waals surface area contributed by atoms with Gasteiger partial charge in [-0.1, -0.05) is 32.1 Å². The van der Waals surface area contributed by atoms with Crippen LogP contribution >= 0.6 is 0 Å². The van der Waals surface area contributed by atoms with Crippen molar-refractivity contribution in [1.29, 1.82) is 0 Å². The van der Waals surface area contributed by atoms with Crippen molar-refractivity contribution in [2.45, 2.75) is 70.3 Å². The molecule has 0 spiro atoms. The van der Waals surface area contributed by atoms with Crippen molar-refractivity contribution in [1.82, 2.24) is 10.2 Å². The van der Waals surface area contributed by atoms with Crippen molar-refractivity contribution in [3.8, 4) is 0 Å². The molecule has 2 heterocycles. The van der Waals surface area contributed by atoms with Gasteiger partial charge in [-0.05, 0) is 61.3 Å². The molecule has 0 aromatic heterocycles. The highest BCUT2D eigenvalue weighted by molar-refractivity contribution is 5.84. The lowest BCUT2D eigenvalue weighted by molar-refractivity contribution is -0.144. The van der Waals surface area contributed by atoms with E-state index in [1.54, 1.807) is 13.2 Å². The largest absolute Gasteiger partial charge is 0.416 e. The normalized spacial score (nSPS) is 30.0. The third-order valence-electron chi connectivity index (χ3n) is 8.19. The number of halogens is 3. The summed E-state index contributed by atoms with van der Waals surface area (Å²) < 4.78 is 50.5. The zero-order chi connectivity index (χ0) is 25.2. The summed E-state index contributed by atoms with van der Waals surface area (Å²) in [6.45, 7) is 6.51. The van der Waals surface area contributed by atoms with Gasteiger partial charge >= 0.3 is 6.18 Å². The first-order chi connectivity index (χ1) is 16.6. The number of rotatable bonds is 6. The summed E-state index contributed by atoms with van der Waals surface area (Å²) >= 11 is 0. The third-order valence-corrected chi connectivity index (χ3v) is 8.19. The van der Waals surface area contributed by atoms with Crippen LogP contribution in [0.15, 0.2) is 30.3 Å². The fourth-order valence-corrected chi connectivity index (χ4v) is 5.95. The SMILES string of the molecule is COC1COCC[C@H]1N[C@@H]1CC[C@@](C(=O)N2CC=C(c3cccc(C(F)(F)F)c3)CC2)(C(C)C)C1. The highest BCUT2D eigenvalue weighted by atomic mass is 19.4. The number of methoxy groups -OCH3 is 1. The summed E-state index contributed by atoms with van der Waals surface area (Å²) in [6, 6.07) is 5.94. The monoisotopic (exact) mass is 494 g/mol. The van der Waals surface area contributed by atoms with Gasteiger partial charge in [-0.15, -0.1) is 0 Å². The van der Waals surface area contributed by atoms with Gasteiger partial charge in [-0.3, -0.25) is 4.79 Å². The van der Waals surface area contributed by atoms with E-state index in [2.05, 4.69) is 19.2 Å². The van der Waals surface area contributed by atoms with Gasteiger partial charge in [0, 0.05) is 38.9 Å². The van der Waals surface area contributed by atoms with Gasteiger partial charge in [0.15, 0.2) is 0 Å². The molecule has 1 saturated carbocycles. The molecule has 1 saturated heterocycles. The van der Waals surface area contributed by atoms with E-state index in [0.717, 1.165) is 37.3 Å². The topological polar surface area (TPSA) is 50.8 Å². The molecular formula is C27H37F3N2O3. The lowest BCUT2D eigenvalue weighted by Gasteiger charge is -2.39. The summed E-state index contributed by atoms with van der Waals surface area (Å²) in [6.07, 6.45) is 1.60. The summed E-state index contributed by atoms with van der Waals surface area (Å²) in [7, 11) is 1.71. The van der Waals surface area contributed by atoms with Crippen LogP contribution in [-0.2, 0) is 20.4 Å². The Labute approximate surface area is 206 Å². The second kappa shape index (κ2) is 10.6. The molecule has 1 aromatic rings. The minimum Gasteiger partial charge on any atom is -0.379 e. The summed E-state index contributed by atoms with van der Waals surface area (Å²) in [4.78, 5) is 15.7. The molecule has 1 amide bonds. The molecule has 2 aliphatic heterocycles. The molecule has 194 valence electrons. The summed E-state index contributed by atoms with van der Waals surface area (Å²) in [5, 5.41) is 3.75. The molecule has 2 fully saturated rings. The molecule has 1 unspecified atom stereocenters. The maximum absolute atomic E-state index is 13.8. The van der Waals surface area contributed by atoms with Crippen molar-refractivity contribution >= 4 is 11.5 Å². The number of carbonyl (C=O) groups excluding carboxylic acids is 1. The number of ether oxygens (including phenoxy) is 2. The molecule has 1 N–H and O–H groups in total. The molecule has 1 aliphatic carbocycles. The first kappa shape index (κ1) is 26.2. The fourth-order valence-electron chi connectivity index (χ4n) is 5.95. The first-order valence-electron chi connectivity index (χ1n) is 12.7. The maximum atomic E-state index is 13.8. The molecule has 4 atom stereocenters. The average Bonchev–Trinajstić information content (AvgIpc) is 3.29. The minimum atomic E-state index is -4.36. The number of nitrogens with zero attached hydrogens (tertiary/aromatic N) is 1. The Hall–Kier alpha value is -1.90. The number of carbonyl (C=O) groups is 1. The van der Waals surface area contributed by atoms with Gasteiger partial charge in [-0.2, -0.15) is 13.2 Å². The molecule has 4 rings (SSSR count). The Morgan fingerprint density at radius 2 is 2.09 bits per heavy atom. The molecule has 8 heteroatoms. The predicted molar refractivity (Wildman–Crippen MR) is 129 cm³/mol. The number of hydrogen-bond donors (Lipinski definition) is 1. The number of benzene rings is 1. The van der Waals surface area contributed by atoms with E-state index < -0.39 is 17.2 Å². The number of nitrogens with one attached hydrogen (secondary N) is 1. The van der Waals surface area contributed by atoms with E-state index in [0.29, 0.717) is 38.3 Å². The lowest BCUT2D eigenvalue weighted by atomic mass is 9.74. The highest BCUT2D eigenvalue weighted by Gasteiger charge is 2.49. The third kappa shape index (κ3) is 5.59. The van der Waals surface area contributed by atoms with Gasteiger partial charge < -0.3 is 19.7 Å². The second-order valence-corrected chi connectivity index (χ2v) is 10.5. The standard InChI is InChI=1S/C27H37F3N2O3/c1-18(2)26(11-7-22(16-26)31-23-10-14-35-17-24(23)34-3)25(33)32-12-8-19(9-13-32)20-5-4-6-21(15-20)27(28,29)30/h4-6,8,15,18,22-24,31H,7,9-14,16-17H2,1-3H3/t22-,23-,24?,26+/m1/s1. The molecule has 5 nitrogen and oxygen atoms in total. The Kier molecular flexibility index (Phi) is 7.93. The Morgan fingerprint density at radius 3 is 2.74 bits per heavy atom. The van der Waals surface area contributed by atoms with E-state index in [9.17, 15) is 18.0 Å². The smallest absolute Gasteiger partial charge is 0.379 e. The second-order valence-electron chi connectivity index (χ2n) is 10.5. The van der Waals surface area contributed by atoms with E-state index in [1.807, 2.05) is 11.0 Å². The van der Waals surface area contributed by atoms with E-state index in [-0.39, 0.29) is 30.0 Å². The van der Waals surface area contributed by atoms with Crippen LogP contribution in [-0.4, -0.2) is 62.4 Å². The number of alkyl halides is 3.